The van der Waals surface area contributed by atoms with Gasteiger partial charge in [-0.3, -0.25) is 16.9 Å². The molecule has 0 saturated heterocycles. The van der Waals surface area contributed by atoms with Crippen molar-refractivity contribution in [2.24, 2.45) is 11.5 Å². The Labute approximate surface area is 61.2 Å². The van der Waals surface area contributed by atoms with Crippen molar-refractivity contribution >= 4 is 17.9 Å². The van der Waals surface area contributed by atoms with Crippen molar-refractivity contribution in [2.75, 3.05) is 0 Å². The number of nitrogens with two attached hydrogens (primary N) is 3. The Balaban J connectivity index is -0.000000114. The predicted octanol–water partition coefficient (Wildman–Crippen LogP) is -5.98. The molecule has 8 nitrogen and oxygen atoms in total. The number of rotatable bonds is 0. The minimum Gasteiger partial charge on any atom is -0.539 e. The molecule has 0 fully saturated rings. The summed E-state index contributed by atoms with van der Waals surface area (Å²) in [5.74, 6) is -4.09. The van der Waals surface area contributed by atoms with Crippen LogP contribution in [0.25, 0.3) is 0 Å². The molecule has 0 aromatic heterocycles. The lowest BCUT2D eigenvalue weighted by Gasteiger charge is -1.85. The van der Waals surface area contributed by atoms with Crippen LogP contribution in [0.5, 0.6) is 0 Å². The largest absolute Gasteiger partial charge is 0.539 e. The summed E-state index contributed by atoms with van der Waals surface area (Å²) in [6.07, 6.45) is 0. The van der Waals surface area contributed by atoms with Gasteiger partial charge >= 0.3 is 11.9 Å². The van der Waals surface area contributed by atoms with E-state index in [1.807, 2.05) is 0 Å². The SMILES string of the molecule is NC(N)=[NH2+].O.O=C([O-])C(=O)O. The van der Waals surface area contributed by atoms with E-state index >= 15 is 0 Å². The van der Waals surface area contributed by atoms with Crippen molar-refractivity contribution in [3.63, 3.8) is 0 Å². The summed E-state index contributed by atoms with van der Waals surface area (Å²) < 4.78 is 0. The second-order valence-corrected chi connectivity index (χ2v) is 1.09. The third-order valence-corrected chi connectivity index (χ3v) is 0.175. The Kier molecular flexibility index (Phi) is 11.9. The van der Waals surface area contributed by atoms with Crippen molar-refractivity contribution in [1.82, 2.24) is 0 Å². The molecule has 0 atom stereocenters. The average molecular weight is 167 g/mol. The van der Waals surface area contributed by atoms with Crippen LogP contribution in [0.3, 0.4) is 0 Å². The average Bonchev–Trinajstić information content (AvgIpc) is 1.63. The van der Waals surface area contributed by atoms with Crippen LogP contribution in [-0.2, 0) is 9.59 Å². The molecule has 0 aromatic carbocycles. The molecule has 0 bridgehead atoms. The summed E-state index contributed by atoms with van der Waals surface area (Å²) in [7, 11) is 0. The molecule has 0 aliphatic rings. The van der Waals surface area contributed by atoms with E-state index in [0.717, 1.165) is 0 Å². The molecule has 0 spiro atoms. The quantitative estimate of drug-likeness (QED) is 0.158. The number of hydrogen-bond donors (Lipinski definition) is 4. The van der Waals surface area contributed by atoms with Crippen molar-refractivity contribution < 1.29 is 30.7 Å². The molecule has 0 unspecified atom stereocenters. The van der Waals surface area contributed by atoms with Crippen LogP contribution >= 0.6 is 0 Å². The van der Waals surface area contributed by atoms with Gasteiger partial charge in [0.1, 0.15) is 0 Å². The van der Waals surface area contributed by atoms with Gasteiger partial charge < -0.3 is 20.5 Å². The zero-order valence-corrected chi connectivity index (χ0v) is 5.40. The Hall–Kier alpha value is -1.83. The van der Waals surface area contributed by atoms with Gasteiger partial charge in [-0.15, -0.1) is 0 Å². The number of guanidine groups is 1. The number of carbonyl (C=O) groups is 2. The van der Waals surface area contributed by atoms with E-state index in [4.69, 9.17) is 19.8 Å². The smallest absolute Gasteiger partial charge is 0.351 e. The standard InChI is InChI=1S/C2H2O4.CH5N3.H2O/c3-1(4)2(5)6;2-1(3)4;/h(H,3,4)(H,5,6);(H5,2,3,4);1H2. The molecule has 66 valence electrons. The molecule has 0 saturated carbocycles. The fraction of sp³-hybridized carbons (Fsp3) is 0. The third-order valence-electron chi connectivity index (χ3n) is 0.175. The van der Waals surface area contributed by atoms with E-state index in [0.29, 0.717) is 0 Å². The van der Waals surface area contributed by atoms with Crippen LogP contribution in [0, 0.1) is 0 Å². The number of aliphatic carboxylic acids is 2. The topological polar surface area (TPSA) is 187 Å². The highest BCUT2D eigenvalue weighted by atomic mass is 16.4. The van der Waals surface area contributed by atoms with Gasteiger partial charge in [-0.05, 0) is 0 Å². The zero-order chi connectivity index (χ0) is 8.73. The summed E-state index contributed by atoms with van der Waals surface area (Å²) in [4.78, 5) is 18.0. The van der Waals surface area contributed by atoms with Gasteiger partial charge in [0.25, 0.3) is 0 Å². The van der Waals surface area contributed by atoms with E-state index in [-0.39, 0.29) is 11.4 Å². The minimum absolute atomic E-state index is 0. The summed E-state index contributed by atoms with van der Waals surface area (Å²) in [5.41, 5.74) is 9.17. The summed E-state index contributed by atoms with van der Waals surface area (Å²) in [6, 6.07) is 0. The molecule has 0 aliphatic heterocycles. The maximum absolute atomic E-state index is 9.04. The van der Waals surface area contributed by atoms with Crippen molar-refractivity contribution in [2.45, 2.75) is 0 Å². The molecule has 11 heavy (non-hydrogen) atoms. The highest BCUT2D eigenvalue weighted by molar-refractivity contribution is 6.26. The number of hydrogen-bond acceptors (Lipinski definition) is 3. The zero-order valence-electron chi connectivity index (χ0n) is 5.40. The van der Waals surface area contributed by atoms with E-state index in [2.05, 4.69) is 16.9 Å². The first-order valence-corrected chi connectivity index (χ1v) is 1.95. The number of carboxylic acid groups (broad SMARTS) is 2. The second kappa shape index (κ2) is 8.17. The van der Waals surface area contributed by atoms with Gasteiger partial charge in [-0.1, -0.05) is 0 Å². The molecule has 8 heteroatoms. The van der Waals surface area contributed by atoms with Crippen molar-refractivity contribution in [3.05, 3.63) is 0 Å². The first-order valence-electron chi connectivity index (χ1n) is 1.95. The maximum atomic E-state index is 9.04. The normalized spacial score (nSPS) is 6.18. The van der Waals surface area contributed by atoms with E-state index < -0.39 is 11.9 Å². The monoisotopic (exact) mass is 167 g/mol. The van der Waals surface area contributed by atoms with Crippen LogP contribution in [0.4, 0.5) is 0 Å². The molecule has 0 heterocycles. The van der Waals surface area contributed by atoms with Gasteiger partial charge in [-0.2, -0.15) is 0 Å². The molecule has 0 aromatic rings. The van der Waals surface area contributed by atoms with E-state index in [9.17, 15) is 0 Å². The molecule has 0 amide bonds. The predicted molar refractivity (Wildman–Crippen MR) is 31.6 cm³/mol. The van der Waals surface area contributed by atoms with E-state index in [1.54, 1.807) is 0 Å². The van der Waals surface area contributed by atoms with E-state index in [1.165, 1.54) is 0 Å². The lowest BCUT2D eigenvalue weighted by Crippen LogP contribution is -2.51. The van der Waals surface area contributed by atoms with Gasteiger partial charge in [0.2, 0.25) is 0 Å². The Morgan fingerprint density at radius 2 is 1.45 bits per heavy atom. The fourth-order valence-electron chi connectivity index (χ4n) is 0. The van der Waals surface area contributed by atoms with Gasteiger partial charge in [0, 0.05) is 0 Å². The van der Waals surface area contributed by atoms with Crippen molar-refractivity contribution in [3.8, 4) is 0 Å². The molecule has 0 radical (unpaired) electrons. The van der Waals surface area contributed by atoms with Crippen LogP contribution in [0.15, 0.2) is 0 Å². The highest BCUT2D eigenvalue weighted by Crippen LogP contribution is 1.49. The molecule has 9 N–H and O–H groups in total. The van der Waals surface area contributed by atoms with Gasteiger partial charge in [0.15, 0.2) is 5.97 Å². The van der Waals surface area contributed by atoms with Crippen LogP contribution in [0.2, 0.25) is 0 Å². The lowest BCUT2D eigenvalue weighted by atomic mass is 10.7. The highest BCUT2D eigenvalue weighted by Gasteiger charge is 1.90. The van der Waals surface area contributed by atoms with Crippen LogP contribution in [0.1, 0.15) is 0 Å². The third kappa shape index (κ3) is 66.1. The van der Waals surface area contributed by atoms with Gasteiger partial charge in [0.05, 0.1) is 0 Å². The number of carboxylic acids is 2. The molecule has 0 aliphatic carbocycles. The molecular formula is C3H9N3O5. The van der Waals surface area contributed by atoms with Crippen molar-refractivity contribution in [1.29, 1.82) is 0 Å². The van der Waals surface area contributed by atoms with Crippen LogP contribution < -0.4 is 22.0 Å². The Morgan fingerprint density at radius 1 is 1.36 bits per heavy atom. The first-order chi connectivity index (χ1) is 4.37. The fourth-order valence-corrected chi connectivity index (χ4v) is 0. The molecule has 0 rings (SSSR count). The van der Waals surface area contributed by atoms with Crippen LogP contribution in [-0.4, -0.2) is 28.5 Å². The second-order valence-electron chi connectivity index (χ2n) is 1.09. The Bertz CT molecular complexity index is 139. The summed E-state index contributed by atoms with van der Waals surface area (Å²) in [6.45, 7) is 0. The first kappa shape index (κ1) is 16.1. The Morgan fingerprint density at radius 3 is 1.45 bits per heavy atom. The summed E-state index contributed by atoms with van der Waals surface area (Å²) in [5, 5.41) is 20.9. The summed E-state index contributed by atoms with van der Waals surface area (Å²) >= 11 is 0. The minimum atomic E-state index is -2.07. The van der Waals surface area contributed by atoms with Gasteiger partial charge in [-0.25, -0.2) is 4.79 Å². The molecular weight excluding hydrogens is 158 g/mol. The number of carbonyl (C=O) groups excluding carboxylic acids is 1. The lowest BCUT2D eigenvalue weighted by molar-refractivity contribution is -0.303. The maximum Gasteiger partial charge on any atom is 0.351 e.